The first-order valence-corrected chi connectivity index (χ1v) is 10.5. The Morgan fingerprint density at radius 2 is 1.94 bits per heavy atom. The summed E-state index contributed by atoms with van der Waals surface area (Å²) in [4.78, 5) is 39.2. The molecule has 9 heteroatoms. The van der Waals surface area contributed by atoms with E-state index < -0.39 is 5.82 Å². The number of nitrogens with zero attached hydrogens (tertiary/aromatic N) is 4. The summed E-state index contributed by atoms with van der Waals surface area (Å²) in [7, 11) is 0. The monoisotopic (exact) mass is 434 g/mol. The summed E-state index contributed by atoms with van der Waals surface area (Å²) in [5, 5.41) is 5.60. The highest BCUT2D eigenvalue weighted by atomic mass is 19.1. The van der Waals surface area contributed by atoms with Crippen LogP contribution in [0.15, 0.2) is 48.9 Å². The molecule has 0 aliphatic carbocycles. The van der Waals surface area contributed by atoms with E-state index in [4.69, 9.17) is 0 Å². The van der Waals surface area contributed by atoms with Crippen molar-refractivity contribution in [3.63, 3.8) is 0 Å². The number of fused-ring (bicyclic) bond motifs is 1. The molecule has 0 saturated carbocycles. The zero-order valence-electron chi connectivity index (χ0n) is 17.8. The molecule has 0 unspecified atom stereocenters. The highest BCUT2D eigenvalue weighted by molar-refractivity contribution is 6.04. The third kappa shape index (κ3) is 4.27. The molecule has 1 aliphatic rings. The lowest BCUT2D eigenvalue weighted by Crippen LogP contribution is -2.37. The van der Waals surface area contributed by atoms with Gasteiger partial charge in [0.15, 0.2) is 0 Å². The van der Waals surface area contributed by atoms with E-state index in [-0.39, 0.29) is 35.9 Å². The minimum atomic E-state index is -0.524. The summed E-state index contributed by atoms with van der Waals surface area (Å²) >= 11 is 0. The van der Waals surface area contributed by atoms with Gasteiger partial charge in [-0.3, -0.25) is 19.5 Å². The molecular formula is C23H23FN6O2. The zero-order chi connectivity index (χ0) is 22.7. The van der Waals surface area contributed by atoms with Crippen LogP contribution < -0.4 is 15.5 Å². The number of carbonyl (C=O) groups excluding carboxylic acids is 2. The Bertz CT molecular complexity index is 1150. The third-order valence-electron chi connectivity index (χ3n) is 5.40. The van der Waals surface area contributed by atoms with Crippen LogP contribution in [0, 0.1) is 5.82 Å². The minimum absolute atomic E-state index is 0.00727. The number of anilines is 4. The number of hydrogen-bond acceptors (Lipinski definition) is 6. The number of pyridine rings is 1. The molecule has 0 spiro atoms. The number of hydrogen-bond donors (Lipinski definition) is 2. The van der Waals surface area contributed by atoms with Crippen LogP contribution in [-0.4, -0.2) is 32.8 Å². The van der Waals surface area contributed by atoms with Crippen molar-refractivity contribution in [1.29, 1.82) is 0 Å². The molecule has 0 bridgehead atoms. The SMILES string of the molecule is CCC(CC)N1C(=O)Cc2cnc(Nc3cc(NC(=O)c4ccncc4)ccc3F)nc21. The van der Waals surface area contributed by atoms with Gasteiger partial charge in [-0.15, -0.1) is 0 Å². The van der Waals surface area contributed by atoms with Gasteiger partial charge in [0.2, 0.25) is 11.9 Å². The maximum Gasteiger partial charge on any atom is 0.255 e. The van der Waals surface area contributed by atoms with Crippen molar-refractivity contribution in [3.8, 4) is 0 Å². The summed E-state index contributed by atoms with van der Waals surface area (Å²) in [5.41, 5.74) is 1.71. The molecule has 32 heavy (non-hydrogen) atoms. The van der Waals surface area contributed by atoms with Crippen LogP contribution in [0.3, 0.4) is 0 Å². The van der Waals surface area contributed by atoms with Gasteiger partial charge < -0.3 is 10.6 Å². The molecule has 2 N–H and O–H groups in total. The van der Waals surface area contributed by atoms with Gasteiger partial charge in [0.05, 0.1) is 12.1 Å². The van der Waals surface area contributed by atoms with E-state index in [0.29, 0.717) is 17.1 Å². The highest BCUT2D eigenvalue weighted by Gasteiger charge is 2.33. The van der Waals surface area contributed by atoms with Gasteiger partial charge in [0.1, 0.15) is 11.6 Å². The summed E-state index contributed by atoms with van der Waals surface area (Å²) in [6.07, 6.45) is 6.51. The highest BCUT2D eigenvalue weighted by Crippen LogP contribution is 2.32. The topological polar surface area (TPSA) is 100 Å². The van der Waals surface area contributed by atoms with E-state index in [2.05, 4.69) is 25.6 Å². The lowest BCUT2D eigenvalue weighted by atomic mass is 10.1. The Labute approximate surface area is 184 Å². The number of halogens is 1. The van der Waals surface area contributed by atoms with E-state index in [1.807, 2.05) is 13.8 Å². The number of nitrogens with one attached hydrogen (secondary N) is 2. The van der Waals surface area contributed by atoms with Crippen molar-refractivity contribution in [2.45, 2.75) is 39.2 Å². The molecular weight excluding hydrogens is 411 g/mol. The normalized spacial score (nSPS) is 12.8. The van der Waals surface area contributed by atoms with Crippen LogP contribution in [-0.2, 0) is 11.2 Å². The Hall–Kier alpha value is -3.88. The van der Waals surface area contributed by atoms with E-state index >= 15 is 0 Å². The Morgan fingerprint density at radius 1 is 1.19 bits per heavy atom. The number of amides is 2. The smallest absolute Gasteiger partial charge is 0.255 e. The fourth-order valence-corrected chi connectivity index (χ4v) is 3.71. The molecule has 2 amide bonds. The minimum Gasteiger partial charge on any atom is -0.322 e. The summed E-state index contributed by atoms with van der Waals surface area (Å²) < 4.78 is 14.5. The van der Waals surface area contributed by atoms with Crippen LogP contribution in [0.4, 0.5) is 27.5 Å². The molecule has 0 atom stereocenters. The third-order valence-corrected chi connectivity index (χ3v) is 5.40. The molecule has 8 nitrogen and oxygen atoms in total. The van der Waals surface area contributed by atoms with Crippen LogP contribution in [0.25, 0.3) is 0 Å². The molecule has 164 valence electrons. The molecule has 1 aromatic carbocycles. The lowest BCUT2D eigenvalue weighted by Gasteiger charge is -2.25. The second-order valence-corrected chi connectivity index (χ2v) is 7.46. The van der Waals surface area contributed by atoms with Gasteiger partial charge in [0, 0.05) is 41.4 Å². The number of benzene rings is 1. The maximum absolute atomic E-state index is 14.5. The first kappa shape index (κ1) is 21.4. The summed E-state index contributed by atoms with van der Waals surface area (Å²) in [6, 6.07) is 7.41. The van der Waals surface area contributed by atoms with Gasteiger partial charge in [-0.2, -0.15) is 4.98 Å². The predicted molar refractivity (Wildman–Crippen MR) is 119 cm³/mol. The first-order valence-electron chi connectivity index (χ1n) is 10.5. The Morgan fingerprint density at radius 3 is 2.66 bits per heavy atom. The average Bonchev–Trinajstić information content (AvgIpc) is 3.13. The van der Waals surface area contributed by atoms with Crippen molar-refractivity contribution in [3.05, 3.63) is 65.9 Å². The predicted octanol–water partition coefficient (Wildman–Crippen LogP) is 4.08. The average molecular weight is 434 g/mol. The second-order valence-electron chi connectivity index (χ2n) is 7.46. The van der Waals surface area contributed by atoms with E-state index in [9.17, 15) is 14.0 Å². The van der Waals surface area contributed by atoms with E-state index in [1.165, 1.54) is 30.6 Å². The van der Waals surface area contributed by atoms with Crippen molar-refractivity contribution in [1.82, 2.24) is 15.0 Å². The number of rotatable bonds is 7. The summed E-state index contributed by atoms with van der Waals surface area (Å²) in [6.45, 7) is 4.06. The fraction of sp³-hybridized carbons (Fsp3) is 0.261. The molecule has 0 radical (unpaired) electrons. The van der Waals surface area contributed by atoms with Crippen molar-refractivity contribution in [2.24, 2.45) is 0 Å². The second kappa shape index (κ2) is 9.09. The first-order chi connectivity index (χ1) is 15.5. The van der Waals surface area contributed by atoms with Crippen molar-refractivity contribution in [2.75, 3.05) is 15.5 Å². The van der Waals surface area contributed by atoms with Crippen molar-refractivity contribution >= 4 is 35.0 Å². The van der Waals surface area contributed by atoms with E-state index in [0.717, 1.165) is 18.4 Å². The van der Waals surface area contributed by atoms with Crippen LogP contribution >= 0.6 is 0 Å². The molecule has 1 aliphatic heterocycles. The quantitative estimate of drug-likeness (QED) is 0.581. The van der Waals surface area contributed by atoms with Gasteiger partial charge in [-0.05, 0) is 43.2 Å². The van der Waals surface area contributed by atoms with Crippen molar-refractivity contribution < 1.29 is 14.0 Å². The lowest BCUT2D eigenvalue weighted by molar-refractivity contribution is -0.117. The van der Waals surface area contributed by atoms with Gasteiger partial charge in [-0.1, -0.05) is 13.8 Å². The molecule has 3 heterocycles. The number of aromatic nitrogens is 3. The fourth-order valence-electron chi connectivity index (χ4n) is 3.71. The Kier molecular flexibility index (Phi) is 6.07. The van der Waals surface area contributed by atoms with E-state index in [1.54, 1.807) is 23.2 Å². The molecule has 0 saturated heterocycles. The maximum atomic E-state index is 14.5. The largest absolute Gasteiger partial charge is 0.322 e. The molecule has 2 aromatic heterocycles. The van der Waals surface area contributed by atoms with Gasteiger partial charge in [0.25, 0.3) is 5.91 Å². The van der Waals surface area contributed by atoms with Crippen LogP contribution in [0.5, 0.6) is 0 Å². The molecule has 4 rings (SSSR count). The standard InChI is InChI=1S/C23H23FN6O2/c1-3-17(4-2)30-20(31)11-15-13-26-23(29-21(15)30)28-19-12-16(5-6-18(19)24)27-22(32)14-7-9-25-10-8-14/h5-10,12-13,17H,3-4,11H2,1-2H3,(H,27,32)(H,26,28,29). The molecule has 3 aromatic rings. The van der Waals surface area contributed by atoms with Crippen LogP contribution in [0.1, 0.15) is 42.6 Å². The zero-order valence-corrected chi connectivity index (χ0v) is 17.8. The Balaban J connectivity index is 1.57. The van der Waals surface area contributed by atoms with Gasteiger partial charge >= 0.3 is 0 Å². The summed E-state index contributed by atoms with van der Waals surface area (Å²) in [5.74, 6) is -0.135. The number of carbonyl (C=O) groups is 2. The molecule has 0 fully saturated rings. The van der Waals surface area contributed by atoms with Gasteiger partial charge in [-0.25, -0.2) is 9.37 Å². The van der Waals surface area contributed by atoms with Crippen LogP contribution in [0.2, 0.25) is 0 Å².